The van der Waals surface area contributed by atoms with E-state index in [4.69, 9.17) is 5.26 Å². The number of benzene rings is 2. The summed E-state index contributed by atoms with van der Waals surface area (Å²) in [5, 5.41) is 14.8. The first kappa shape index (κ1) is 15.3. The van der Waals surface area contributed by atoms with E-state index >= 15 is 0 Å². The van der Waals surface area contributed by atoms with Crippen LogP contribution < -0.4 is 10.6 Å². The fourth-order valence-electron chi connectivity index (χ4n) is 1.96. The predicted molar refractivity (Wildman–Crippen MR) is 88.3 cm³/mol. The highest BCUT2D eigenvalue weighted by atomic mass is 16.1. The van der Waals surface area contributed by atoms with E-state index in [1.807, 2.05) is 62.4 Å². The molecule has 0 saturated heterocycles. The van der Waals surface area contributed by atoms with Gasteiger partial charge in [-0.3, -0.25) is 4.79 Å². The zero-order valence-electron chi connectivity index (χ0n) is 12.6. The van der Waals surface area contributed by atoms with E-state index in [1.54, 1.807) is 6.07 Å². The second kappa shape index (κ2) is 7.09. The first-order chi connectivity index (χ1) is 10.6. The van der Waals surface area contributed by atoms with Gasteiger partial charge in [-0.2, -0.15) is 5.26 Å². The van der Waals surface area contributed by atoms with Crippen molar-refractivity contribution in [3.05, 3.63) is 71.4 Å². The summed E-state index contributed by atoms with van der Waals surface area (Å²) in [6.45, 7) is 3.92. The Labute approximate surface area is 130 Å². The Morgan fingerprint density at radius 3 is 2.23 bits per heavy atom. The second-order valence-corrected chi connectivity index (χ2v) is 5.01. The van der Waals surface area contributed by atoms with Crippen LogP contribution in [-0.4, -0.2) is 5.91 Å². The fraction of sp³-hybridized carbons (Fsp3) is 0.111. The molecule has 2 aromatic rings. The van der Waals surface area contributed by atoms with Crippen LogP contribution in [0.1, 0.15) is 11.1 Å². The molecule has 0 bridgehead atoms. The molecule has 22 heavy (non-hydrogen) atoms. The number of rotatable bonds is 4. The van der Waals surface area contributed by atoms with Crippen molar-refractivity contribution >= 4 is 17.3 Å². The number of nitrogens with zero attached hydrogens (tertiary/aromatic N) is 1. The van der Waals surface area contributed by atoms with Gasteiger partial charge in [0.15, 0.2) is 0 Å². The van der Waals surface area contributed by atoms with Gasteiger partial charge in [-0.05, 0) is 49.2 Å². The molecule has 1 amide bonds. The maximum absolute atomic E-state index is 12.1. The molecule has 0 saturated carbocycles. The van der Waals surface area contributed by atoms with Crippen LogP contribution in [0.3, 0.4) is 0 Å². The standard InChI is InChI=1S/C18H17N3O/c1-13-5-3-7-16(9-13)20-12-15(11-19)18(22)21-17-8-4-6-14(2)10-17/h3-10,12,20H,1-2H3,(H,21,22)/b15-12-. The van der Waals surface area contributed by atoms with E-state index in [2.05, 4.69) is 10.6 Å². The summed E-state index contributed by atoms with van der Waals surface area (Å²) >= 11 is 0. The van der Waals surface area contributed by atoms with Gasteiger partial charge < -0.3 is 10.6 Å². The molecule has 0 unspecified atom stereocenters. The van der Waals surface area contributed by atoms with Crippen LogP contribution in [0.4, 0.5) is 11.4 Å². The molecule has 0 aliphatic heterocycles. The van der Waals surface area contributed by atoms with Gasteiger partial charge in [-0.25, -0.2) is 0 Å². The predicted octanol–water partition coefficient (Wildman–Crippen LogP) is 3.76. The number of amides is 1. The van der Waals surface area contributed by atoms with Crippen molar-refractivity contribution in [3.8, 4) is 6.07 Å². The van der Waals surface area contributed by atoms with Gasteiger partial charge in [0, 0.05) is 17.6 Å². The number of carbonyl (C=O) groups excluding carboxylic acids is 1. The maximum atomic E-state index is 12.1. The molecule has 0 radical (unpaired) electrons. The van der Waals surface area contributed by atoms with Crippen molar-refractivity contribution in [2.24, 2.45) is 0 Å². The third kappa shape index (κ3) is 4.22. The van der Waals surface area contributed by atoms with E-state index in [1.165, 1.54) is 6.20 Å². The molecule has 0 aliphatic carbocycles. The van der Waals surface area contributed by atoms with Gasteiger partial charge in [-0.1, -0.05) is 24.3 Å². The van der Waals surface area contributed by atoms with Crippen LogP contribution in [0.15, 0.2) is 60.3 Å². The molecular formula is C18H17N3O. The zero-order chi connectivity index (χ0) is 15.9. The Morgan fingerprint density at radius 2 is 1.64 bits per heavy atom. The summed E-state index contributed by atoms with van der Waals surface area (Å²) in [7, 11) is 0. The van der Waals surface area contributed by atoms with E-state index in [-0.39, 0.29) is 5.57 Å². The number of hydrogen-bond acceptors (Lipinski definition) is 3. The summed E-state index contributed by atoms with van der Waals surface area (Å²) in [6, 6.07) is 17.0. The lowest BCUT2D eigenvalue weighted by Gasteiger charge is -2.06. The lowest BCUT2D eigenvalue weighted by molar-refractivity contribution is -0.112. The van der Waals surface area contributed by atoms with Crippen molar-refractivity contribution in [2.75, 3.05) is 10.6 Å². The number of nitriles is 1. The fourth-order valence-corrected chi connectivity index (χ4v) is 1.96. The first-order valence-corrected chi connectivity index (χ1v) is 6.90. The normalized spacial score (nSPS) is 10.7. The van der Waals surface area contributed by atoms with Gasteiger partial charge in [0.2, 0.25) is 0 Å². The SMILES string of the molecule is Cc1cccc(N/C=C(/C#N)C(=O)Nc2cccc(C)c2)c1. The molecule has 0 heterocycles. The molecular weight excluding hydrogens is 274 g/mol. The highest BCUT2D eigenvalue weighted by Gasteiger charge is 2.09. The minimum Gasteiger partial charge on any atom is -0.360 e. The smallest absolute Gasteiger partial charge is 0.267 e. The highest BCUT2D eigenvalue weighted by molar-refractivity contribution is 6.06. The Morgan fingerprint density at radius 1 is 1.05 bits per heavy atom. The molecule has 0 spiro atoms. The van der Waals surface area contributed by atoms with Crippen LogP contribution >= 0.6 is 0 Å². The van der Waals surface area contributed by atoms with E-state index in [0.29, 0.717) is 5.69 Å². The van der Waals surface area contributed by atoms with Gasteiger partial charge in [-0.15, -0.1) is 0 Å². The Balaban J connectivity index is 2.09. The third-order valence-corrected chi connectivity index (χ3v) is 3.04. The average Bonchev–Trinajstić information content (AvgIpc) is 2.48. The molecule has 0 aliphatic rings. The third-order valence-electron chi connectivity index (χ3n) is 3.04. The van der Waals surface area contributed by atoms with Crippen molar-refractivity contribution in [1.29, 1.82) is 5.26 Å². The zero-order valence-corrected chi connectivity index (χ0v) is 12.6. The lowest BCUT2D eigenvalue weighted by atomic mass is 10.2. The van der Waals surface area contributed by atoms with Crippen molar-refractivity contribution in [3.63, 3.8) is 0 Å². The van der Waals surface area contributed by atoms with Crippen LogP contribution in [0.2, 0.25) is 0 Å². The highest BCUT2D eigenvalue weighted by Crippen LogP contribution is 2.12. The van der Waals surface area contributed by atoms with Crippen LogP contribution in [0, 0.1) is 25.2 Å². The molecule has 2 N–H and O–H groups in total. The van der Waals surface area contributed by atoms with Crippen molar-refractivity contribution in [1.82, 2.24) is 0 Å². The van der Waals surface area contributed by atoms with Crippen LogP contribution in [-0.2, 0) is 4.79 Å². The molecule has 4 heteroatoms. The van der Waals surface area contributed by atoms with Gasteiger partial charge in [0.1, 0.15) is 11.6 Å². The largest absolute Gasteiger partial charge is 0.360 e. The van der Waals surface area contributed by atoms with Crippen LogP contribution in [0.5, 0.6) is 0 Å². The number of anilines is 2. The first-order valence-electron chi connectivity index (χ1n) is 6.90. The van der Waals surface area contributed by atoms with Gasteiger partial charge in [0.25, 0.3) is 5.91 Å². The van der Waals surface area contributed by atoms with E-state index in [0.717, 1.165) is 16.8 Å². The minimum absolute atomic E-state index is 0.0167. The van der Waals surface area contributed by atoms with Crippen molar-refractivity contribution < 1.29 is 4.79 Å². The monoisotopic (exact) mass is 291 g/mol. The van der Waals surface area contributed by atoms with Crippen LogP contribution in [0.25, 0.3) is 0 Å². The Kier molecular flexibility index (Phi) is 4.94. The molecule has 0 aromatic heterocycles. The average molecular weight is 291 g/mol. The number of nitrogens with one attached hydrogen (secondary N) is 2. The summed E-state index contributed by atoms with van der Waals surface area (Å²) in [6.07, 6.45) is 1.42. The molecule has 0 atom stereocenters. The molecule has 4 nitrogen and oxygen atoms in total. The quantitative estimate of drug-likeness (QED) is 0.666. The van der Waals surface area contributed by atoms with Crippen molar-refractivity contribution in [2.45, 2.75) is 13.8 Å². The van der Waals surface area contributed by atoms with E-state index in [9.17, 15) is 4.79 Å². The number of hydrogen-bond donors (Lipinski definition) is 2. The minimum atomic E-state index is -0.437. The number of carbonyl (C=O) groups is 1. The van der Waals surface area contributed by atoms with Gasteiger partial charge in [0.05, 0.1) is 0 Å². The molecule has 0 fully saturated rings. The maximum Gasteiger partial charge on any atom is 0.267 e. The lowest BCUT2D eigenvalue weighted by Crippen LogP contribution is -2.14. The summed E-state index contributed by atoms with van der Waals surface area (Å²) < 4.78 is 0. The van der Waals surface area contributed by atoms with Gasteiger partial charge >= 0.3 is 0 Å². The molecule has 110 valence electrons. The van der Waals surface area contributed by atoms with E-state index < -0.39 is 5.91 Å². The summed E-state index contributed by atoms with van der Waals surface area (Å²) in [4.78, 5) is 12.1. The molecule has 2 aromatic carbocycles. The Bertz CT molecular complexity index is 757. The summed E-state index contributed by atoms with van der Waals surface area (Å²) in [5.41, 5.74) is 3.65. The Hall–Kier alpha value is -3.06. The topological polar surface area (TPSA) is 64.9 Å². The number of aryl methyl sites for hydroxylation is 2. The summed E-state index contributed by atoms with van der Waals surface area (Å²) in [5.74, 6) is -0.437. The second-order valence-electron chi connectivity index (χ2n) is 5.01. The molecule has 2 rings (SSSR count).